The van der Waals surface area contributed by atoms with Gasteiger partial charge in [0.15, 0.2) is 0 Å². The van der Waals surface area contributed by atoms with Crippen LogP contribution in [0.4, 0.5) is 0 Å². The highest BCUT2D eigenvalue weighted by atomic mass is 127. The van der Waals surface area contributed by atoms with Crippen LogP contribution >= 0.6 is 22.6 Å². The molecule has 106 valence electrons. The molecule has 1 N–H and O–H groups in total. The monoisotopic (exact) mass is 381 g/mol. The van der Waals surface area contributed by atoms with Crippen LogP contribution in [0.1, 0.15) is 23.7 Å². The molecule has 0 aliphatic rings. The van der Waals surface area contributed by atoms with Gasteiger partial charge in [-0.15, -0.1) is 0 Å². The number of aryl methyl sites for hydroxylation is 1. The van der Waals surface area contributed by atoms with E-state index in [0.29, 0.717) is 0 Å². The highest BCUT2D eigenvalue weighted by molar-refractivity contribution is 14.1. The summed E-state index contributed by atoms with van der Waals surface area (Å²) in [5.74, 6) is 0.968. The van der Waals surface area contributed by atoms with Gasteiger partial charge in [0.2, 0.25) is 0 Å². The normalized spacial score (nSPS) is 12.2. The highest BCUT2D eigenvalue weighted by Crippen LogP contribution is 2.28. The topological polar surface area (TPSA) is 21.3 Å². The summed E-state index contributed by atoms with van der Waals surface area (Å²) in [7, 11) is 1.97. The maximum absolute atomic E-state index is 6.25. The van der Waals surface area contributed by atoms with Crippen molar-refractivity contribution in [2.75, 3.05) is 13.6 Å². The first-order valence-corrected chi connectivity index (χ1v) is 7.91. The second-order valence-electron chi connectivity index (χ2n) is 4.82. The van der Waals surface area contributed by atoms with Crippen molar-refractivity contribution in [3.63, 3.8) is 0 Å². The molecule has 2 aromatic carbocycles. The van der Waals surface area contributed by atoms with Crippen LogP contribution in [-0.4, -0.2) is 13.6 Å². The summed E-state index contributed by atoms with van der Waals surface area (Å²) in [6, 6.07) is 16.7. The van der Waals surface area contributed by atoms with Crippen molar-refractivity contribution >= 4 is 22.6 Å². The molecular formula is C17H20INO. The largest absolute Gasteiger partial charge is 0.485 e. The van der Waals surface area contributed by atoms with Gasteiger partial charge in [-0.1, -0.05) is 30.3 Å². The van der Waals surface area contributed by atoms with Gasteiger partial charge < -0.3 is 10.1 Å². The fourth-order valence-electron chi connectivity index (χ4n) is 2.14. The molecule has 0 saturated carbocycles. The number of rotatable bonds is 6. The van der Waals surface area contributed by atoms with Crippen LogP contribution in [0.3, 0.4) is 0 Å². The average Bonchev–Trinajstić information content (AvgIpc) is 2.46. The fourth-order valence-corrected chi connectivity index (χ4v) is 2.78. The number of nitrogens with one attached hydrogen (secondary N) is 1. The number of ether oxygens (including phenoxy) is 1. The van der Waals surface area contributed by atoms with E-state index in [1.165, 1.54) is 14.7 Å². The number of hydrogen-bond acceptors (Lipinski definition) is 2. The van der Waals surface area contributed by atoms with E-state index in [4.69, 9.17) is 4.74 Å². The third-order valence-corrected chi connectivity index (χ3v) is 3.91. The summed E-state index contributed by atoms with van der Waals surface area (Å²) in [4.78, 5) is 0. The minimum Gasteiger partial charge on any atom is -0.485 e. The van der Waals surface area contributed by atoms with Crippen molar-refractivity contribution in [1.82, 2.24) is 5.32 Å². The lowest BCUT2D eigenvalue weighted by Gasteiger charge is -2.21. The van der Waals surface area contributed by atoms with Crippen molar-refractivity contribution < 1.29 is 4.74 Å². The van der Waals surface area contributed by atoms with Crippen LogP contribution < -0.4 is 10.1 Å². The van der Waals surface area contributed by atoms with Gasteiger partial charge in [-0.25, -0.2) is 0 Å². The molecular weight excluding hydrogens is 361 g/mol. The SMILES string of the molecule is CNCCC(Oc1ccc(I)cc1C)c1ccccc1. The van der Waals surface area contributed by atoms with Crippen LogP contribution in [0, 0.1) is 10.5 Å². The second-order valence-corrected chi connectivity index (χ2v) is 6.06. The molecule has 0 aliphatic heterocycles. The van der Waals surface area contributed by atoms with Crippen LogP contribution in [0.25, 0.3) is 0 Å². The maximum Gasteiger partial charge on any atom is 0.125 e. The first kappa shape index (κ1) is 15.3. The molecule has 0 fully saturated rings. The zero-order valence-electron chi connectivity index (χ0n) is 11.9. The van der Waals surface area contributed by atoms with Gasteiger partial charge >= 0.3 is 0 Å². The lowest BCUT2D eigenvalue weighted by molar-refractivity contribution is 0.193. The van der Waals surface area contributed by atoms with Gasteiger partial charge in [-0.05, 0) is 72.4 Å². The summed E-state index contributed by atoms with van der Waals surface area (Å²) in [5, 5.41) is 3.20. The number of benzene rings is 2. The quantitative estimate of drug-likeness (QED) is 0.753. The molecule has 2 nitrogen and oxygen atoms in total. The van der Waals surface area contributed by atoms with E-state index in [2.05, 4.69) is 77.3 Å². The maximum atomic E-state index is 6.25. The zero-order chi connectivity index (χ0) is 14.4. The van der Waals surface area contributed by atoms with E-state index >= 15 is 0 Å². The van der Waals surface area contributed by atoms with Crippen LogP contribution in [0.2, 0.25) is 0 Å². The van der Waals surface area contributed by atoms with E-state index in [9.17, 15) is 0 Å². The Balaban J connectivity index is 2.19. The molecule has 2 aromatic rings. The van der Waals surface area contributed by atoms with Crippen LogP contribution in [-0.2, 0) is 0 Å². The predicted molar refractivity (Wildman–Crippen MR) is 92.3 cm³/mol. The smallest absolute Gasteiger partial charge is 0.125 e. The van der Waals surface area contributed by atoms with Gasteiger partial charge in [-0.3, -0.25) is 0 Å². The Hall–Kier alpha value is -1.07. The summed E-state index contributed by atoms with van der Waals surface area (Å²) in [5.41, 5.74) is 2.41. The summed E-state index contributed by atoms with van der Waals surface area (Å²) < 4.78 is 7.48. The minimum absolute atomic E-state index is 0.0856. The van der Waals surface area contributed by atoms with Gasteiger partial charge in [0.25, 0.3) is 0 Å². The second kappa shape index (κ2) is 7.64. The standard InChI is InChI=1S/C17H20INO/c1-13-12-15(18)8-9-16(13)20-17(10-11-19-2)14-6-4-3-5-7-14/h3-9,12,17,19H,10-11H2,1-2H3. The average molecular weight is 381 g/mol. The number of halogens is 1. The fraction of sp³-hybridized carbons (Fsp3) is 0.294. The Bertz CT molecular complexity index is 542. The number of hydrogen-bond donors (Lipinski definition) is 1. The molecule has 0 radical (unpaired) electrons. The Morgan fingerprint density at radius 1 is 1.15 bits per heavy atom. The molecule has 0 spiro atoms. The Morgan fingerprint density at radius 3 is 2.55 bits per heavy atom. The van der Waals surface area contributed by atoms with Gasteiger partial charge in [0.05, 0.1) is 0 Å². The molecule has 3 heteroatoms. The Morgan fingerprint density at radius 2 is 1.90 bits per heavy atom. The molecule has 0 heterocycles. The lowest BCUT2D eigenvalue weighted by Crippen LogP contribution is -2.16. The van der Waals surface area contributed by atoms with Crippen molar-refractivity contribution in [2.24, 2.45) is 0 Å². The summed E-state index contributed by atoms with van der Waals surface area (Å²) in [6.45, 7) is 3.03. The molecule has 0 saturated heterocycles. The molecule has 2 rings (SSSR count). The third-order valence-electron chi connectivity index (χ3n) is 3.23. The molecule has 0 aliphatic carbocycles. The Kier molecular flexibility index (Phi) is 5.86. The van der Waals surface area contributed by atoms with Crippen molar-refractivity contribution in [3.05, 3.63) is 63.2 Å². The van der Waals surface area contributed by atoms with E-state index in [-0.39, 0.29) is 6.10 Å². The van der Waals surface area contributed by atoms with Gasteiger partial charge in [0.1, 0.15) is 11.9 Å². The predicted octanol–water partition coefficient (Wildman–Crippen LogP) is 4.33. The lowest BCUT2D eigenvalue weighted by atomic mass is 10.1. The molecule has 1 unspecified atom stereocenters. The minimum atomic E-state index is 0.0856. The van der Waals surface area contributed by atoms with Crippen molar-refractivity contribution in [3.8, 4) is 5.75 Å². The van der Waals surface area contributed by atoms with Crippen molar-refractivity contribution in [1.29, 1.82) is 0 Å². The Labute approximate surface area is 134 Å². The van der Waals surface area contributed by atoms with E-state index < -0.39 is 0 Å². The van der Waals surface area contributed by atoms with Crippen LogP contribution in [0.15, 0.2) is 48.5 Å². The van der Waals surface area contributed by atoms with Crippen molar-refractivity contribution in [2.45, 2.75) is 19.4 Å². The van der Waals surface area contributed by atoms with Crippen LogP contribution in [0.5, 0.6) is 5.75 Å². The third kappa shape index (κ3) is 4.21. The molecule has 20 heavy (non-hydrogen) atoms. The highest BCUT2D eigenvalue weighted by Gasteiger charge is 2.14. The van der Waals surface area contributed by atoms with Gasteiger partial charge in [-0.2, -0.15) is 0 Å². The molecule has 0 aromatic heterocycles. The van der Waals surface area contributed by atoms with E-state index in [1.54, 1.807) is 0 Å². The summed E-state index contributed by atoms with van der Waals surface area (Å²) in [6.07, 6.45) is 1.04. The van der Waals surface area contributed by atoms with E-state index in [1.807, 2.05) is 13.1 Å². The summed E-state index contributed by atoms with van der Waals surface area (Å²) >= 11 is 2.32. The molecule has 1 atom stereocenters. The first-order chi connectivity index (χ1) is 9.70. The van der Waals surface area contributed by atoms with Gasteiger partial charge in [0, 0.05) is 9.99 Å². The zero-order valence-corrected chi connectivity index (χ0v) is 14.1. The molecule has 0 amide bonds. The van der Waals surface area contributed by atoms with E-state index in [0.717, 1.165) is 18.7 Å². The first-order valence-electron chi connectivity index (χ1n) is 6.83. The molecule has 0 bridgehead atoms.